The number of thioether (sulfide) groups is 1. The Morgan fingerprint density at radius 3 is 2.55 bits per heavy atom. The fourth-order valence-corrected chi connectivity index (χ4v) is 4.87. The average Bonchev–Trinajstić information content (AvgIpc) is 3.28. The van der Waals surface area contributed by atoms with Gasteiger partial charge in [-0.25, -0.2) is 9.18 Å². The number of hydrogen-bond acceptors (Lipinski definition) is 6. The lowest BCUT2D eigenvalue weighted by atomic mass is 10.2. The zero-order valence-corrected chi connectivity index (χ0v) is 19.4. The van der Waals surface area contributed by atoms with Gasteiger partial charge >= 0.3 is 6.03 Å². The molecule has 9 heteroatoms. The zero-order valence-electron chi connectivity index (χ0n) is 17.7. The highest BCUT2D eigenvalue weighted by molar-refractivity contribution is 7.98. The lowest BCUT2D eigenvalue weighted by Gasteiger charge is -2.07. The second kappa shape index (κ2) is 10.9. The Balaban J connectivity index is 1.41. The maximum Gasteiger partial charge on any atom is 0.325 e. The van der Waals surface area contributed by atoms with Gasteiger partial charge in [0.05, 0.1) is 6.61 Å². The number of benzene rings is 3. The molecule has 0 unspecified atom stereocenters. The molecule has 1 aromatic heterocycles. The molecule has 0 aliphatic heterocycles. The van der Waals surface area contributed by atoms with Gasteiger partial charge in [0.15, 0.2) is 5.01 Å². The molecule has 0 aliphatic rings. The Morgan fingerprint density at radius 1 is 1.00 bits per heavy atom. The summed E-state index contributed by atoms with van der Waals surface area (Å²) in [5, 5.41) is 14.8. The first-order valence-corrected chi connectivity index (χ1v) is 12.0. The van der Waals surface area contributed by atoms with Crippen LogP contribution in [-0.2, 0) is 5.75 Å². The molecule has 168 valence electrons. The van der Waals surface area contributed by atoms with Crippen molar-refractivity contribution in [1.82, 2.24) is 10.2 Å². The van der Waals surface area contributed by atoms with E-state index < -0.39 is 6.03 Å². The lowest BCUT2D eigenvalue weighted by Crippen LogP contribution is -2.19. The van der Waals surface area contributed by atoms with Crippen LogP contribution in [0.1, 0.15) is 12.5 Å². The summed E-state index contributed by atoms with van der Waals surface area (Å²) in [6.07, 6.45) is 0. The molecule has 0 aliphatic carbocycles. The van der Waals surface area contributed by atoms with Gasteiger partial charge in [-0.1, -0.05) is 47.7 Å². The van der Waals surface area contributed by atoms with Crippen molar-refractivity contribution < 1.29 is 13.9 Å². The highest BCUT2D eigenvalue weighted by Gasteiger charge is 2.14. The minimum Gasteiger partial charge on any atom is -0.494 e. The summed E-state index contributed by atoms with van der Waals surface area (Å²) in [7, 11) is 0. The molecular weight excluding hydrogens is 459 g/mol. The van der Waals surface area contributed by atoms with Crippen LogP contribution in [0, 0.1) is 5.82 Å². The van der Waals surface area contributed by atoms with E-state index in [0.717, 1.165) is 16.2 Å². The average molecular weight is 481 g/mol. The number of urea groups is 1. The SMILES string of the molecule is CCOc1ccc(NC(=O)Nc2nnc(-c3ccccc3SCc3ccccc3F)s2)cc1. The topological polar surface area (TPSA) is 76.1 Å². The van der Waals surface area contributed by atoms with Gasteiger partial charge in [0.1, 0.15) is 11.6 Å². The van der Waals surface area contributed by atoms with Gasteiger partial charge < -0.3 is 10.1 Å². The molecular formula is C24H21FN4O2S2. The van der Waals surface area contributed by atoms with Crippen LogP contribution in [0.2, 0.25) is 0 Å². The predicted octanol–water partition coefficient (Wildman–Crippen LogP) is 6.68. The molecule has 0 fully saturated rings. The smallest absolute Gasteiger partial charge is 0.325 e. The van der Waals surface area contributed by atoms with E-state index in [-0.39, 0.29) is 5.82 Å². The lowest BCUT2D eigenvalue weighted by molar-refractivity contribution is 0.262. The van der Waals surface area contributed by atoms with E-state index in [2.05, 4.69) is 20.8 Å². The largest absolute Gasteiger partial charge is 0.494 e. The molecule has 2 amide bonds. The van der Waals surface area contributed by atoms with Gasteiger partial charge in [0, 0.05) is 21.9 Å². The molecule has 0 bridgehead atoms. The highest BCUT2D eigenvalue weighted by atomic mass is 32.2. The molecule has 4 aromatic rings. The van der Waals surface area contributed by atoms with E-state index in [9.17, 15) is 9.18 Å². The summed E-state index contributed by atoms with van der Waals surface area (Å²) in [5.74, 6) is 1.02. The van der Waals surface area contributed by atoms with Crippen LogP contribution in [0.3, 0.4) is 0 Å². The highest BCUT2D eigenvalue weighted by Crippen LogP contribution is 2.36. The second-order valence-corrected chi connectivity index (χ2v) is 8.82. The molecule has 0 spiro atoms. The number of rotatable bonds is 8. The minimum absolute atomic E-state index is 0.219. The molecule has 6 nitrogen and oxygen atoms in total. The molecule has 0 radical (unpaired) electrons. The number of nitrogens with zero attached hydrogens (tertiary/aromatic N) is 2. The van der Waals surface area contributed by atoms with Crippen LogP contribution in [0.5, 0.6) is 5.75 Å². The maximum absolute atomic E-state index is 14.0. The van der Waals surface area contributed by atoms with Crippen molar-refractivity contribution in [3.63, 3.8) is 0 Å². The van der Waals surface area contributed by atoms with Crippen molar-refractivity contribution in [2.45, 2.75) is 17.6 Å². The Bertz CT molecular complexity index is 1230. The number of aromatic nitrogens is 2. The zero-order chi connectivity index (χ0) is 23.0. The third-order valence-corrected chi connectivity index (χ3v) is 6.52. The predicted molar refractivity (Wildman–Crippen MR) is 132 cm³/mol. The minimum atomic E-state index is -0.413. The Labute approximate surface area is 199 Å². The third-order valence-electron chi connectivity index (χ3n) is 4.53. The molecule has 0 atom stereocenters. The maximum atomic E-state index is 14.0. The number of hydrogen-bond donors (Lipinski definition) is 2. The summed E-state index contributed by atoms with van der Waals surface area (Å²) in [6.45, 7) is 2.49. The summed E-state index contributed by atoms with van der Waals surface area (Å²) in [5.41, 5.74) is 2.16. The van der Waals surface area contributed by atoms with Gasteiger partial charge in [-0.2, -0.15) is 0 Å². The van der Waals surface area contributed by atoms with Crippen LogP contribution >= 0.6 is 23.1 Å². The van der Waals surface area contributed by atoms with E-state index in [1.54, 1.807) is 36.4 Å². The summed E-state index contributed by atoms with van der Waals surface area (Å²) >= 11 is 2.80. The number of carbonyl (C=O) groups is 1. The second-order valence-electron chi connectivity index (χ2n) is 6.83. The van der Waals surface area contributed by atoms with Crippen LogP contribution in [-0.4, -0.2) is 22.8 Å². The van der Waals surface area contributed by atoms with Gasteiger partial charge in [0.2, 0.25) is 5.13 Å². The van der Waals surface area contributed by atoms with Crippen molar-refractivity contribution in [1.29, 1.82) is 0 Å². The van der Waals surface area contributed by atoms with Crippen molar-refractivity contribution in [3.05, 3.63) is 84.2 Å². The van der Waals surface area contributed by atoms with Crippen molar-refractivity contribution >= 4 is 39.9 Å². The number of halogens is 1. The van der Waals surface area contributed by atoms with Crippen molar-refractivity contribution in [2.24, 2.45) is 0 Å². The van der Waals surface area contributed by atoms with E-state index in [0.29, 0.717) is 33.7 Å². The molecule has 3 aromatic carbocycles. The van der Waals surface area contributed by atoms with E-state index in [1.807, 2.05) is 37.3 Å². The van der Waals surface area contributed by atoms with Gasteiger partial charge in [-0.3, -0.25) is 5.32 Å². The molecule has 4 rings (SSSR count). The van der Waals surface area contributed by atoms with E-state index >= 15 is 0 Å². The first-order valence-electron chi connectivity index (χ1n) is 10.2. The third kappa shape index (κ3) is 6.09. The Morgan fingerprint density at radius 2 is 1.76 bits per heavy atom. The molecule has 1 heterocycles. The number of nitrogens with one attached hydrogen (secondary N) is 2. The van der Waals surface area contributed by atoms with Crippen LogP contribution in [0.25, 0.3) is 10.6 Å². The Kier molecular flexibility index (Phi) is 7.54. The van der Waals surface area contributed by atoms with Crippen molar-refractivity contribution in [3.8, 4) is 16.3 Å². The number of ether oxygens (including phenoxy) is 1. The van der Waals surface area contributed by atoms with Gasteiger partial charge in [0.25, 0.3) is 0 Å². The molecule has 33 heavy (non-hydrogen) atoms. The van der Waals surface area contributed by atoms with Crippen LogP contribution in [0.4, 0.5) is 20.0 Å². The first-order chi connectivity index (χ1) is 16.1. The van der Waals surface area contributed by atoms with Crippen LogP contribution in [0.15, 0.2) is 77.7 Å². The standard InChI is InChI=1S/C24H21FN4O2S2/c1-2-31-18-13-11-17(12-14-18)26-23(30)27-24-29-28-22(33-24)19-8-4-6-10-21(19)32-15-16-7-3-5-9-20(16)25/h3-14H,2,15H2,1H3,(H2,26,27,29,30). The number of carbonyl (C=O) groups excluding carboxylic acids is 1. The molecule has 2 N–H and O–H groups in total. The molecule has 0 saturated carbocycles. The molecule has 0 saturated heterocycles. The van der Waals surface area contributed by atoms with E-state index in [1.165, 1.54) is 29.2 Å². The fourth-order valence-electron chi connectivity index (χ4n) is 2.98. The van der Waals surface area contributed by atoms with E-state index in [4.69, 9.17) is 4.74 Å². The van der Waals surface area contributed by atoms with Gasteiger partial charge in [-0.05, 0) is 48.9 Å². The summed E-state index contributed by atoms with van der Waals surface area (Å²) < 4.78 is 19.4. The quantitative estimate of drug-likeness (QED) is 0.275. The van der Waals surface area contributed by atoms with Crippen molar-refractivity contribution in [2.75, 3.05) is 17.2 Å². The van der Waals surface area contributed by atoms with Crippen LogP contribution < -0.4 is 15.4 Å². The first kappa shape index (κ1) is 22.8. The van der Waals surface area contributed by atoms with Gasteiger partial charge in [-0.15, -0.1) is 22.0 Å². The monoisotopic (exact) mass is 480 g/mol. The number of anilines is 2. The fraction of sp³-hybridized carbons (Fsp3) is 0.125. The normalized spacial score (nSPS) is 10.6. The Hall–Kier alpha value is -3.43. The summed E-state index contributed by atoms with van der Waals surface area (Å²) in [4.78, 5) is 13.3. The summed E-state index contributed by atoms with van der Waals surface area (Å²) in [6, 6.07) is 21.2. The number of amides is 2.